The Bertz CT molecular complexity index is 350. The topological polar surface area (TPSA) is 95.5 Å². The molecule has 6 heteroatoms. The largest absolute Gasteiger partial charge is 0.481 e. The van der Waals surface area contributed by atoms with Gasteiger partial charge in [0.2, 0.25) is 5.91 Å². The Morgan fingerprint density at radius 1 is 1.33 bits per heavy atom. The number of carbonyl (C=O) groups excluding carboxylic acids is 2. The monoisotopic (exact) mass is 256 g/mol. The van der Waals surface area contributed by atoms with E-state index in [0.717, 1.165) is 0 Å². The van der Waals surface area contributed by atoms with Gasteiger partial charge in [0.1, 0.15) is 0 Å². The Morgan fingerprint density at radius 3 is 2.33 bits per heavy atom. The summed E-state index contributed by atoms with van der Waals surface area (Å²) in [5.41, 5.74) is -0.694. The molecule has 0 saturated heterocycles. The Morgan fingerprint density at radius 2 is 1.89 bits per heavy atom. The van der Waals surface area contributed by atoms with E-state index in [9.17, 15) is 14.4 Å². The van der Waals surface area contributed by atoms with E-state index in [1.54, 1.807) is 20.8 Å². The fourth-order valence-electron chi connectivity index (χ4n) is 1.38. The van der Waals surface area contributed by atoms with Crippen molar-refractivity contribution in [3.8, 4) is 0 Å². The van der Waals surface area contributed by atoms with Crippen molar-refractivity contribution >= 4 is 17.9 Å². The molecule has 0 aliphatic carbocycles. The summed E-state index contributed by atoms with van der Waals surface area (Å²) in [6, 6.07) is -0.858. The van der Waals surface area contributed by atoms with Gasteiger partial charge in [-0.15, -0.1) is 6.58 Å². The zero-order chi connectivity index (χ0) is 14.3. The Hall–Kier alpha value is -1.85. The van der Waals surface area contributed by atoms with Crippen LogP contribution in [0.4, 0.5) is 4.79 Å². The Labute approximate surface area is 106 Å². The minimum atomic E-state index is -0.975. The second-order valence-corrected chi connectivity index (χ2v) is 4.96. The normalized spacial score (nSPS) is 12.4. The zero-order valence-corrected chi connectivity index (χ0v) is 10.9. The Kier molecular flexibility index (Phi) is 6.08. The summed E-state index contributed by atoms with van der Waals surface area (Å²) < 4.78 is 0. The van der Waals surface area contributed by atoms with E-state index in [1.807, 2.05) is 0 Å². The van der Waals surface area contributed by atoms with Gasteiger partial charge in [-0.05, 0) is 12.3 Å². The first kappa shape index (κ1) is 16.1. The van der Waals surface area contributed by atoms with Gasteiger partial charge in [0, 0.05) is 12.5 Å². The fourth-order valence-corrected chi connectivity index (χ4v) is 1.38. The van der Waals surface area contributed by atoms with Crippen LogP contribution in [0.15, 0.2) is 12.7 Å². The number of carboxylic acids is 1. The van der Waals surface area contributed by atoms with Crippen LogP contribution in [0.2, 0.25) is 0 Å². The predicted octanol–water partition coefficient (Wildman–Crippen LogP) is 1.28. The molecular formula is C12H20N2O4. The number of carbonyl (C=O) groups is 3. The number of aliphatic carboxylic acids is 1. The summed E-state index contributed by atoms with van der Waals surface area (Å²) in [5.74, 6) is -1.48. The molecule has 3 amide bonds. The van der Waals surface area contributed by atoms with Gasteiger partial charge in [-0.25, -0.2) is 4.79 Å². The molecule has 102 valence electrons. The average Bonchev–Trinajstić information content (AvgIpc) is 2.13. The number of rotatable bonds is 6. The molecule has 0 fully saturated rings. The number of hydrogen-bond donors (Lipinski definition) is 3. The van der Waals surface area contributed by atoms with Gasteiger partial charge in [0.15, 0.2) is 0 Å². The predicted molar refractivity (Wildman–Crippen MR) is 67.0 cm³/mol. The number of nitrogens with one attached hydrogen (secondary N) is 2. The lowest BCUT2D eigenvalue weighted by atomic mass is 9.85. The maximum absolute atomic E-state index is 11.5. The minimum absolute atomic E-state index is 0.0325. The van der Waals surface area contributed by atoms with E-state index in [2.05, 4.69) is 17.2 Å². The lowest BCUT2D eigenvalue weighted by molar-refractivity contribution is -0.139. The molecule has 0 spiro atoms. The summed E-state index contributed by atoms with van der Waals surface area (Å²) >= 11 is 0. The standard InChI is InChI=1S/C12H20N2O4/c1-5-8(2)13-11(18)14-9(15)6-12(3,4)7-10(16)17/h5,8H,1,6-7H2,2-4H3,(H,16,17)(H2,13,14,15,18). The zero-order valence-electron chi connectivity index (χ0n) is 10.9. The van der Waals surface area contributed by atoms with E-state index in [0.29, 0.717) is 0 Å². The van der Waals surface area contributed by atoms with E-state index in [-0.39, 0.29) is 18.9 Å². The summed E-state index contributed by atoms with van der Waals surface area (Å²) in [4.78, 5) is 33.4. The van der Waals surface area contributed by atoms with Gasteiger partial charge < -0.3 is 10.4 Å². The van der Waals surface area contributed by atoms with Gasteiger partial charge in [-0.1, -0.05) is 19.9 Å². The third-order valence-electron chi connectivity index (χ3n) is 2.23. The molecule has 0 aromatic carbocycles. The maximum atomic E-state index is 11.5. The van der Waals surface area contributed by atoms with Gasteiger partial charge in [-0.3, -0.25) is 14.9 Å². The first-order valence-corrected chi connectivity index (χ1v) is 5.61. The van der Waals surface area contributed by atoms with Crippen LogP contribution in [-0.4, -0.2) is 29.1 Å². The van der Waals surface area contributed by atoms with Gasteiger partial charge >= 0.3 is 12.0 Å². The highest BCUT2D eigenvalue weighted by Gasteiger charge is 2.26. The van der Waals surface area contributed by atoms with E-state index < -0.39 is 23.3 Å². The van der Waals surface area contributed by atoms with Crippen molar-refractivity contribution in [2.24, 2.45) is 5.41 Å². The molecule has 3 N–H and O–H groups in total. The summed E-state index contributed by atoms with van der Waals surface area (Å²) in [6.07, 6.45) is 1.36. The van der Waals surface area contributed by atoms with Crippen molar-refractivity contribution < 1.29 is 19.5 Å². The molecule has 1 unspecified atom stereocenters. The number of hydrogen-bond acceptors (Lipinski definition) is 3. The number of imide groups is 1. The number of carboxylic acid groups (broad SMARTS) is 1. The van der Waals surface area contributed by atoms with E-state index in [1.165, 1.54) is 6.08 Å². The van der Waals surface area contributed by atoms with Crippen LogP contribution in [0, 0.1) is 5.41 Å². The van der Waals surface area contributed by atoms with Gasteiger partial charge in [0.05, 0.1) is 6.42 Å². The Balaban J connectivity index is 4.22. The third-order valence-corrected chi connectivity index (χ3v) is 2.23. The highest BCUT2D eigenvalue weighted by molar-refractivity contribution is 5.94. The second kappa shape index (κ2) is 6.78. The first-order valence-electron chi connectivity index (χ1n) is 5.61. The van der Waals surface area contributed by atoms with Crippen LogP contribution < -0.4 is 10.6 Å². The SMILES string of the molecule is C=CC(C)NC(=O)NC(=O)CC(C)(C)CC(=O)O. The van der Waals surface area contributed by atoms with Crippen LogP contribution in [0.25, 0.3) is 0 Å². The lowest BCUT2D eigenvalue weighted by Crippen LogP contribution is -2.44. The molecule has 18 heavy (non-hydrogen) atoms. The van der Waals surface area contributed by atoms with Crippen molar-refractivity contribution in [1.29, 1.82) is 0 Å². The molecule has 6 nitrogen and oxygen atoms in total. The minimum Gasteiger partial charge on any atom is -0.481 e. The maximum Gasteiger partial charge on any atom is 0.321 e. The van der Waals surface area contributed by atoms with Crippen LogP contribution in [0.5, 0.6) is 0 Å². The quantitative estimate of drug-likeness (QED) is 0.624. The molecular weight excluding hydrogens is 236 g/mol. The van der Waals surface area contributed by atoms with Crippen LogP contribution >= 0.6 is 0 Å². The first-order chi connectivity index (χ1) is 8.16. The van der Waals surface area contributed by atoms with Crippen molar-refractivity contribution in [3.63, 3.8) is 0 Å². The van der Waals surface area contributed by atoms with Crippen molar-refractivity contribution in [2.45, 2.75) is 39.7 Å². The highest BCUT2D eigenvalue weighted by atomic mass is 16.4. The summed E-state index contributed by atoms with van der Waals surface area (Å²) in [6.45, 7) is 8.52. The van der Waals surface area contributed by atoms with Crippen LogP contribution in [0.1, 0.15) is 33.6 Å². The molecule has 0 radical (unpaired) electrons. The highest BCUT2D eigenvalue weighted by Crippen LogP contribution is 2.24. The smallest absolute Gasteiger partial charge is 0.321 e. The molecule has 0 aromatic rings. The summed E-state index contributed by atoms with van der Waals surface area (Å²) in [5, 5.41) is 13.3. The fraction of sp³-hybridized carbons (Fsp3) is 0.583. The molecule has 0 aliphatic heterocycles. The van der Waals surface area contributed by atoms with Crippen molar-refractivity contribution in [3.05, 3.63) is 12.7 Å². The van der Waals surface area contributed by atoms with Gasteiger partial charge in [-0.2, -0.15) is 0 Å². The number of urea groups is 1. The molecule has 0 aromatic heterocycles. The van der Waals surface area contributed by atoms with Crippen LogP contribution in [-0.2, 0) is 9.59 Å². The van der Waals surface area contributed by atoms with E-state index in [4.69, 9.17) is 5.11 Å². The molecule has 0 heterocycles. The third kappa shape index (κ3) is 7.43. The summed E-state index contributed by atoms with van der Waals surface area (Å²) in [7, 11) is 0. The molecule has 1 atom stereocenters. The van der Waals surface area contributed by atoms with Crippen molar-refractivity contribution in [1.82, 2.24) is 10.6 Å². The van der Waals surface area contributed by atoms with Crippen molar-refractivity contribution in [2.75, 3.05) is 0 Å². The lowest BCUT2D eigenvalue weighted by Gasteiger charge is -2.21. The second-order valence-electron chi connectivity index (χ2n) is 4.96. The number of amides is 3. The molecule has 0 rings (SSSR count). The molecule has 0 saturated carbocycles. The van der Waals surface area contributed by atoms with Crippen LogP contribution in [0.3, 0.4) is 0 Å². The van der Waals surface area contributed by atoms with Gasteiger partial charge in [0.25, 0.3) is 0 Å². The molecule has 0 bridgehead atoms. The molecule has 0 aliphatic rings. The van der Waals surface area contributed by atoms with E-state index >= 15 is 0 Å². The average molecular weight is 256 g/mol.